The third-order valence-corrected chi connectivity index (χ3v) is 2.72. The Labute approximate surface area is 102 Å². The number of benzene rings is 1. The highest BCUT2D eigenvalue weighted by Gasteiger charge is 2.12. The Morgan fingerprint density at radius 3 is 2.71 bits per heavy atom. The molecule has 0 fully saturated rings. The summed E-state index contributed by atoms with van der Waals surface area (Å²) in [6.07, 6.45) is 3.25. The Kier molecular flexibility index (Phi) is 4.82. The molecule has 0 saturated heterocycles. The first-order valence-corrected chi connectivity index (χ1v) is 5.90. The molecule has 0 bridgehead atoms. The lowest BCUT2D eigenvalue weighted by Gasteiger charge is -2.17. The van der Waals surface area contributed by atoms with E-state index in [0.717, 1.165) is 25.8 Å². The summed E-state index contributed by atoms with van der Waals surface area (Å²) in [6.45, 7) is 2.86. The summed E-state index contributed by atoms with van der Waals surface area (Å²) in [5, 5.41) is 9.45. The Morgan fingerprint density at radius 1 is 1.41 bits per heavy atom. The van der Waals surface area contributed by atoms with Gasteiger partial charge in [0.15, 0.2) is 0 Å². The molecule has 1 aromatic carbocycles. The van der Waals surface area contributed by atoms with Crippen LogP contribution in [0.5, 0.6) is 5.75 Å². The van der Waals surface area contributed by atoms with Gasteiger partial charge < -0.3 is 15.7 Å². The fourth-order valence-electron chi connectivity index (χ4n) is 1.60. The number of carbonyl (C=O) groups is 1. The second-order valence-electron chi connectivity index (χ2n) is 4.21. The number of nitrogen functional groups attached to an aromatic ring is 1. The van der Waals surface area contributed by atoms with E-state index < -0.39 is 0 Å². The van der Waals surface area contributed by atoms with E-state index in [1.807, 2.05) is 0 Å². The number of phenolic OH excluding ortho intramolecular Hbond substituents is 1. The Hall–Kier alpha value is -1.71. The molecule has 17 heavy (non-hydrogen) atoms. The average Bonchev–Trinajstić information content (AvgIpc) is 2.32. The number of amides is 1. The van der Waals surface area contributed by atoms with Gasteiger partial charge in [-0.3, -0.25) is 4.79 Å². The molecule has 0 saturated carbocycles. The molecule has 0 unspecified atom stereocenters. The maximum Gasteiger partial charge on any atom is 0.253 e. The summed E-state index contributed by atoms with van der Waals surface area (Å²) in [5.74, 6) is -0.130. The largest absolute Gasteiger partial charge is 0.506 e. The maximum atomic E-state index is 12.0. The SMILES string of the molecule is CCCCCN(C)C(=O)c1ccc(N)c(O)c1. The molecule has 3 N–H and O–H groups in total. The normalized spacial score (nSPS) is 10.2. The van der Waals surface area contributed by atoms with Gasteiger partial charge in [-0.25, -0.2) is 0 Å². The van der Waals surface area contributed by atoms with Gasteiger partial charge in [0.2, 0.25) is 0 Å². The van der Waals surface area contributed by atoms with Crippen molar-refractivity contribution in [2.45, 2.75) is 26.2 Å². The predicted molar refractivity (Wildman–Crippen MR) is 69.0 cm³/mol. The molecule has 1 aromatic rings. The predicted octanol–water partition coefficient (Wildman–Crippen LogP) is 2.24. The van der Waals surface area contributed by atoms with E-state index in [2.05, 4.69) is 6.92 Å². The van der Waals surface area contributed by atoms with Gasteiger partial charge in [0.25, 0.3) is 5.91 Å². The summed E-state index contributed by atoms with van der Waals surface area (Å²) < 4.78 is 0. The van der Waals surface area contributed by atoms with E-state index in [1.165, 1.54) is 6.07 Å². The Bertz CT molecular complexity index is 391. The topological polar surface area (TPSA) is 66.6 Å². The summed E-state index contributed by atoms with van der Waals surface area (Å²) in [4.78, 5) is 13.6. The van der Waals surface area contributed by atoms with Crippen molar-refractivity contribution in [1.82, 2.24) is 4.90 Å². The fraction of sp³-hybridized carbons (Fsp3) is 0.462. The number of rotatable bonds is 5. The van der Waals surface area contributed by atoms with Crippen LogP contribution < -0.4 is 5.73 Å². The third-order valence-electron chi connectivity index (χ3n) is 2.72. The van der Waals surface area contributed by atoms with Crippen molar-refractivity contribution in [3.63, 3.8) is 0 Å². The lowest BCUT2D eigenvalue weighted by Crippen LogP contribution is -2.27. The summed E-state index contributed by atoms with van der Waals surface area (Å²) in [6, 6.07) is 4.59. The van der Waals surface area contributed by atoms with E-state index in [-0.39, 0.29) is 17.3 Å². The van der Waals surface area contributed by atoms with E-state index in [9.17, 15) is 9.90 Å². The Balaban J connectivity index is 2.65. The molecule has 4 nitrogen and oxygen atoms in total. The zero-order valence-electron chi connectivity index (χ0n) is 10.4. The van der Waals surface area contributed by atoms with E-state index >= 15 is 0 Å². The van der Waals surface area contributed by atoms with Crippen LogP contribution in [0.25, 0.3) is 0 Å². The van der Waals surface area contributed by atoms with Crippen LogP contribution in [0.15, 0.2) is 18.2 Å². The highest BCUT2D eigenvalue weighted by Crippen LogP contribution is 2.21. The molecule has 0 aromatic heterocycles. The van der Waals surface area contributed by atoms with Crippen LogP contribution in [0.3, 0.4) is 0 Å². The van der Waals surface area contributed by atoms with Crippen LogP contribution in [-0.4, -0.2) is 29.5 Å². The Morgan fingerprint density at radius 2 is 2.12 bits per heavy atom. The molecule has 4 heteroatoms. The quantitative estimate of drug-likeness (QED) is 0.468. The number of nitrogens with two attached hydrogens (primary N) is 1. The monoisotopic (exact) mass is 236 g/mol. The second-order valence-corrected chi connectivity index (χ2v) is 4.21. The number of hydrogen-bond donors (Lipinski definition) is 2. The van der Waals surface area contributed by atoms with Gasteiger partial charge >= 0.3 is 0 Å². The van der Waals surface area contributed by atoms with Crippen LogP contribution in [0.1, 0.15) is 36.5 Å². The minimum absolute atomic E-state index is 0.0437. The molecule has 0 aliphatic carbocycles. The van der Waals surface area contributed by atoms with E-state index in [1.54, 1.807) is 24.1 Å². The molecule has 0 aliphatic heterocycles. The lowest BCUT2D eigenvalue weighted by molar-refractivity contribution is 0.0792. The van der Waals surface area contributed by atoms with Crippen molar-refractivity contribution >= 4 is 11.6 Å². The zero-order chi connectivity index (χ0) is 12.8. The molecule has 0 atom stereocenters. The number of phenols is 1. The fourth-order valence-corrected chi connectivity index (χ4v) is 1.60. The van der Waals surface area contributed by atoms with Gasteiger partial charge in [-0.05, 0) is 24.6 Å². The van der Waals surface area contributed by atoms with Gasteiger partial charge in [-0.15, -0.1) is 0 Å². The zero-order valence-corrected chi connectivity index (χ0v) is 10.4. The van der Waals surface area contributed by atoms with Crippen LogP contribution >= 0.6 is 0 Å². The smallest absolute Gasteiger partial charge is 0.253 e. The molecular weight excluding hydrogens is 216 g/mol. The molecule has 0 heterocycles. The van der Waals surface area contributed by atoms with Crippen molar-refractivity contribution in [3.8, 4) is 5.75 Å². The van der Waals surface area contributed by atoms with Crippen molar-refractivity contribution in [2.75, 3.05) is 19.3 Å². The van der Waals surface area contributed by atoms with Crippen LogP contribution in [0.2, 0.25) is 0 Å². The standard InChI is InChI=1S/C13H20N2O2/c1-3-4-5-8-15(2)13(17)10-6-7-11(14)12(16)9-10/h6-7,9,16H,3-5,8,14H2,1-2H3. The van der Waals surface area contributed by atoms with Crippen molar-refractivity contribution in [2.24, 2.45) is 0 Å². The molecule has 0 aliphatic rings. The molecule has 0 radical (unpaired) electrons. The number of nitrogens with zero attached hydrogens (tertiary/aromatic N) is 1. The maximum absolute atomic E-state index is 12.0. The summed E-state index contributed by atoms with van der Waals surface area (Å²) >= 11 is 0. The number of anilines is 1. The number of carbonyl (C=O) groups excluding carboxylic acids is 1. The third kappa shape index (κ3) is 3.66. The van der Waals surface area contributed by atoms with Gasteiger partial charge in [0, 0.05) is 19.2 Å². The molecular formula is C13H20N2O2. The summed E-state index contributed by atoms with van der Waals surface area (Å²) in [7, 11) is 1.77. The average molecular weight is 236 g/mol. The minimum Gasteiger partial charge on any atom is -0.506 e. The number of unbranched alkanes of at least 4 members (excludes halogenated alkanes) is 2. The first-order valence-electron chi connectivity index (χ1n) is 5.90. The van der Waals surface area contributed by atoms with Crippen molar-refractivity contribution < 1.29 is 9.90 Å². The van der Waals surface area contributed by atoms with Crippen LogP contribution in [0.4, 0.5) is 5.69 Å². The van der Waals surface area contributed by atoms with E-state index in [0.29, 0.717) is 5.56 Å². The highest BCUT2D eigenvalue weighted by atomic mass is 16.3. The van der Waals surface area contributed by atoms with Crippen molar-refractivity contribution in [3.05, 3.63) is 23.8 Å². The lowest BCUT2D eigenvalue weighted by atomic mass is 10.1. The van der Waals surface area contributed by atoms with Crippen molar-refractivity contribution in [1.29, 1.82) is 0 Å². The molecule has 1 rings (SSSR count). The second kappa shape index (κ2) is 6.13. The van der Waals surface area contributed by atoms with Gasteiger partial charge in [0.1, 0.15) is 5.75 Å². The molecule has 94 valence electrons. The molecule has 1 amide bonds. The van der Waals surface area contributed by atoms with Crippen LogP contribution in [-0.2, 0) is 0 Å². The molecule has 0 spiro atoms. The first-order chi connectivity index (χ1) is 8.06. The number of aromatic hydroxyl groups is 1. The van der Waals surface area contributed by atoms with Crippen LogP contribution in [0, 0.1) is 0 Å². The van der Waals surface area contributed by atoms with Gasteiger partial charge in [-0.2, -0.15) is 0 Å². The summed E-state index contributed by atoms with van der Waals surface area (Å²) in [5.41, 5.74) is 6.24. The van der Waals surface area contributed by atoms with E-state index in [4.69, 9.17) is 5.73 Å². The highest BCUT2D eigenvalue weighted by molar-refractivity contribution is 5.95. The first kappa shape index (κ1) is 13.4. The van der Waals surface area contributed by atoms with Gasteiger partial charge in [0.05, 0.1) is 5.69 Å². The minimum atomic E-state index is -0.0867. The van der Waals surface area contributed by atoms with Gasteiger partial charge in [-0.1, -0.05) is 19.8 Å². The number of hydrogen-bond acceptors (Lipinski definition) is 3.